The Labute approximate surface area is 108 Å². The maximum Gasteiger partial charge on any atom is 0.251 e. The fraction of sp³-hybridized carbons (Fsp3) is 0.417. The normalized spacial score (nSPS) is 9.29. The van der Waals surface area contributed by atoms with Crippen LogP contribution < -0.4 is 15.4 Å². The number of benzene rings is 1. The van der Waals surface area contributed by atoms with Gasteiger partial charge >= 0.3 is 0 Å². The fourth-order valence-corrected chi connectivity index (χ4v) is 1.29. The molecule has 2 N–H and O–H groups in total. The van der Waals surface area contributed by atoms with Gasteiger partial charge in [0.2, 0.25) is 0 Å². The molecule has 0 atom stereocenters. The van der Waals surface area contributed by atoms with Crippen LogP contribution in [0, 0.1) is 0 Å². The molecular weight excluding hydrogens is 240 g/mol. The molecule has 1 aromatic rings. The minimum absolute atomic E-state index is 0. The molecule has 4 nitrogen and oxygen atoms in total. The highest BCUT2D eigenvalue weighted by Crippen LogP contribution is 2.10. The summed E-state index contributed by atoms with van der Waals surface area (Å²) in [5.41, 5.74) is 0.650. The van der Waals surface area contributed by atoms with Gasteiger partial charge in [0, 0.05) is 18.7 Å². The van der Waals surface area contributed by atoms with Crippen LogP contribution in [0.2, 0.25) is 0 Å². The monoisotopic (exact) mass is 258 g/mol. The van der Waals surface area contributed by atoms with Crippen molar-refractivity contribution in [3.8, 4) is 5.75 Å². The zero-order valence-corrected chi connectivity index (χ0v) is 11.0. The van der Waals surface area contributed by atoms with E-state index in [0.717, 1.165) is 18.8 Å². The Bertz CT molecular complexity index is 328. The highest BCUT2D eigenvalue weighted by molar-refractivity contribution is 5.94. The second-order valence-corrected chi connectivity index (χ2v) is 3.34. The smallest absolute Gasteiger partial charge is 0.251 e. The van der Waals surface area contributed by atoms with Gasteiger partial charge in [-0.1, -0.05) is 6.92 Å². The van der Waals surface area contributed by atoms with Crippen LogP contribution in [0.5, 0.6) is 5.75 Å². The average Bonchev–Trinajstić information content (AvgIpc) is 2.34. The van der Waals surface area contributed by atoms with Crippen molar-refractivity contribution in [1.82, 2.24) is 10.6 Å². The number of amides is 1. The van der Waals surface area contributed by atoms with Gasteiger partial charge in [-0.05, 0) is 30.8 Å². The van der Waals surface area contributed by atoms with E-state index in [4.69, 9.17) is 4.74 Å². The Balaban J connectivity index is 0.00000256. The van der Waals surface area contributed by atoms with Crippen LogP contribution >= 0.6 is 12.4 Å². The summed E-state index contributed by atoms with van der Waals surface area (Å²) >= 11 is 0. The summed E-state index contributed by atoms with van der Waals surface area (Å²) in [7, 11) is 1.60. The topological polar surface area (TPSA) is 50.4 Å². The molecule has 96 valence electrons. The third-order valence-corrected chi connectivity index (χ3v) is 2.19. The van der Waals surface area contributed by atoms with Crippen LogP contribution in [0.25, 0.3) is 0 Å². The number of rotatable bonds is 6. The van der Waals surface area contributed by atoms with Crippen LogP contribution in [0.1, 0.15) is 17.3 Å². The minimum Gasteiger partial charge on any atom is -0.497 e. The van der Waals surface area contributed by atoms with E-state index < -0.39 is 0 Å². The molecule has 0 saturated heterocycles. The highest BCUT2D eigenvalue weighted by atomic mass is 35.5. The molecule has 0 aliphatic carbocycles. The van der Waals surface area contributed by atoms with Gasteiger partial charge in [0.15, 0.2) is 0 Å². The summed E-state index contributed by atoms with van der Waals surface area (Å²) in [6.45, 7) is 4.38. The maximum absolute atomic E-state index is 11.6. The lowest BCUT2D eigenvalue weighted by Crippen LogP contribution is -2.31. The predicted molar refractivity (Wildman–Crippen MR) is 71.1 cm³/mol. The second kappa shape index (κ2) is 8.84. The van der Waals surface area contributed by atoms with Crippen molar-refractivity contribution in [2.45, 2.75) is 6.92 Å². The summed E-state index contributed by atoms with van der Waals surface area (Å²) in [6, 6.07) is 7.06. The Morgan fingerprint density at radius 2 is 1.88 bits per heavy atom. The molecule has 0 aromatic heterocycles. The van der Waals surface area contributed by atoms with Crippen LogP contribution in [0.3, 0.4) is 0 Å². The average molecular weight is 259 g/mol. The van der Waals surface area contributed by atoms with E-state index in [1.165, 1.54) is 0 Å². The zero-order chi connectivity index (χ0) is 11.8. The van der Waals surface area contributed by atoms with Crippen molar-refractivity contribution in [3.05, 3.63) is 29.8 Å². The van der Waals surface area contributed by atoms with Crippen molar-refractivity contribution in [2.75, 3.05) is 26.7 Å². The number of carbonyl (C=O) groups is 1. The van der Waals surface area contributed by atoms with Gasteiger partial charge in [-0.15, -0.1) is 12.4 Å². The first-order valence-electron chi connectivity index (χ1n) is 5.41. The largest absolute Gasteiger partial charge is 0.497 e. The molecule has 0 fully saturated rings. The quantitative estimate of drug-likeness (QED) is 0.760. The third kappa shape index (κ3) is 5.56. The first-order chi connectivity index (χ1) is 7.77. The molecule has 1 aromatic carbocycles. The molecule has 1 amide bonds. The predicted octanol–water partition coefficient (Wildman–Crippen LogP) is 1.46. The molecule has 5 heteroatoms. The number of carbonyl (C=O) groups excluding carboxylic acids is 1. The van der Waals surface area contributed by atoms with Crippen molar-refractivity contribution < 1.29 is 9.53 Å². The molecule has 0 spiro atoms. The van der Waals surface area contributed by atoms with E-state index in [0.29, 0.717) is 12.1 Å². The van der Waals surface area contributed by atoms with Gasteiger partial charge in [-0.25, -0.2) is 0 Å². The Morgan fingerprint density at radius 1 is 1.24 bits per heavy atom. The van der Waals surface area contributed by atoms with Gasteiger partial charge in [-0.3, -0.25) is 4.79 Å². The van der Waals surface area contributed by atoms with Gasteiger partial charge in [-0.2, -0.15) is 0 Å². The van der Waals surface area contributed by atoms with E-state index in [9.17, 15) is 4.79 Å². The summed E-state index contributed by atoms with van der Waals surface area (Å²) in [5, 5.41) is 5.97. The lowest BCUT2D eigenvalue weighted by molar-refractivity contribution is 0.0954. The van der Waals surface area contributed by atoms with E-state index in [2.05, 4.69) is 10.6 Å². The van der Waals surface area contributed by atoms with E-state index in [1.807, 2.05) is 6.92 Å². The maximum atomic E-state index is 11.6. The van der Waals surface area contributed by atoms with Crippen molar-refractivity contribution in [2.24, 2.45) is 0 Å². The van der Waals surface area contributed by atoms with Crippen LogP contribution in [0.15, 0.2) is 24.3 Å². The number of hydrogen-bond acceptors (Lipinski definition) is 3. The van der Waals surface area contributed by atoms with E-state index >= 15 is 0 Å². The lowest BCUT2D eigenvalue weighted by Gasteiger charge is -2.06. The van der Waals surface area contributed by atoms with Crippen molar-refractivity contribution in [3.63, 3.8) is 0 Å². The summed E-state index contributed by atoms with van der Waals surface area (Å²) in [5.74, 6) is 0.699. The minimum atomic E-state index is -0.0550. The Kier molecular flexibility index (Phi) is 8.19. The SMILES string of the molecule is CCNCCNC(=O)c1ccc(OC)cc1.Cl. The zero-order valence-electron chi connectivity index (χ0n) is 10.2. The van der Waals surface area contributed by atoms with Crippen molar-refractivity contribution >= 4 is 18.3 Å². The summed E-state index contributed by atoms with van der Waals surface area (Å²) in [6.07, 6.45) is 0. The van der Waals surface area contributed by atoms with Crippen molar-refractivity contribution in [1.29, 1.82) is 0 Å². The molecule has 0 radical (unpaired) electrons. The Morgan fingerprint density at radius 3 is 2.41 bits per heavy atom. The van der Waals surface area contributed by atoms with Gasteiger partial charge in [0.25, 0.3) is 5.91 Å². The number of hydrogen-bond donors (Lipinski definition) is 2. The molecule has 0 aliphatic heterocycles. The summed E-state index contributed by atoms with van der Waals surface area (Å²) < 4.78 is 5.02. The van der Waals surface area contributed by atoms with Gasteiger partial charge < -0.3 is 15.4 Å². The molecule has 0 aliphatic rings. The molecular formula is C12H19ClN2O2. The standard InChI is InChI=1S/C12H18N2O2.ClH/c1-3-13-8-9-14-12(15)10-4-6-11(16-2)7-5-10;/h4-7,13H,3,8-9H2,1-2H3,(H,14,15);1H. The number of halogens is 1. The lowest BCUT2D eigenvalue weighted by atomic mass is 10.2. The molecule has 1 rings (SSSR count). The number of nitrogens with one attached hydrogen (secondary N) is 2. The third-order valence-electron chi connectivity index (χ3n) is 2.19. The van der Waals surface area contributed by atoms with E-state index in [1.54, 1.807) is 31.4 Å². The van der Waals surface area contributed by atoms with Gasteiger partial charge in [0.1, 0.15) is 5.75 Å². The number of methoxy groups -OCH3 is 1. The van der Waals surface area contributed by atoms with Crippen LogP contribution in [-0.2, 0) is 0 Å². The molecule has 0 heterocycles. The van der Waals surface area contributed by atoms with E-state index in [-0.39, 0.29) is 18.3 Å². The van der Waals surface area contributed by atoms with Crippen LogP contribution in [-0.4, -0.2) is 32.7 Å². The molecule has 0 bridgehead atoms. The molecule has 0 unspecified atom stereocenters. The Hall–Kier alpha value is -1.26. The molecule has 0 saturated carbocycles. The molecule has 17 heavy (non-hydrogen) atoms. The second-order valence-electron chi connectivity index (χ2n) is 3.34. The van der Waals surface area contributed by atoms with Gasteiger partial charge in [0.05, 0.1) is 7.11 Å². The van der Waals surface area contributed by atoms with Crippen LogP contribution in [0.4, 0.5) is 0 Å². The highest BCUT2D eigenvalue weighted by Gasteiger charge is 2.03. The first-order valence-corrected chi connectivity index (χ1v) is 5.41. The number of likely N-dealkylation sites (N-methyl/N-ethyl adjacent to an activating group) is 1. The first kappa shape index (κ1) is 15.7. The fourth-order valence-electron chi connectivity index (χ4n) is 1.29. The number of ether oxygens (including phenoxy) is 1. The summed E-state index contributed by atoms with van der Waals surface area (Å²) in [4.78, 5) is 11.6.